The summed E-state index contributed by atoms with van der Waals surface area (Å²) in [5, 5.41) is 13.1. The smallest absolute Gasteiger partial charge is 0.0991 e. The van der Waals surface area contributed by atoms with Crippen molar-refractivity contribution in [3.05, 3.63) is 69.7 Å². The van der Waals surface area contributed by atoms with Gasteiger partial charge < -0.3 is 5.32 Å². The number of nitrogens with zero attached hydrogens (tertiary/aromatic N) is 1. The van der Waals surface area contributed by atoms with Crippen LogP contribution in [0.2, 0.25) is 5.02 Å². The minimum atomic E-state index is 0.226. The van der Waals surface area contributed by atoms with Crippen molar-refractivity contribution >= 4 is 11.6 Å². The number of aryl methyl sites for hydroxylation is 1. The molecular formula is C17H17ClN2. The second kappa shape index (κ2) is 6.56. The molecule has 2 aromatic rings. The lowest BCUT2D eigenvalue weighted by atomic mass is 10.0. The van der Waals surface area contributed by atoms with E-state index in [2.05, 4.69) is 24.4 Å². The number of benzene rings is 2. The molecule has 3 heteroatoms. The van der Waals surface area contributed by atoms with Crippen LogP contribution in [0.4, 0.5) is 0 Å². The van der Waals surface area contributed by atoms with Gasteiger partial charge in [-0.25, -0.2) is 0 Å². The summed E-state index contributed by atoms with van der Waals surface area (Å²) in [5.74, 6) is 0. The van der Waals surface area contributed by atoms with Crippen molar-refractivity contribution in [2.75, 3.05) is 0 Å². The van der Waals surface area contributed by atoms with E-state index in [1.54, 1.807) is 0 Å². The van der Waals surface area contributed by atoms with Gasteiger partial charge in [0.15, 0.2) is 0 Å². The fourth-order valence-electron chi connectivity index (χ4n) is 2.12. The summed E-state index contributed by atoms with van der Waals surface area (Å²) in [6.45, 7) is 4.91. The molecule has 1 atom stereocenters. The lowest BCUT2D eigenvalue weighted by Gasteiger charge is -2.15. The lowest BCUT2D eigenvalue weighted by Crippen LogP contribution is -2.18. The van der Waals surface area contributed by atoms with Gasteiger partial charge in [-0.05, 0) is 54.8 Å². The molecule has 0 heterocycles. The Morgan fingerprint density at radius 2 is 2.05 bits per heavy atom. The van der Waals surface area contributed by atoms with Gasteiger partial charge in [0, 0.05) is 17.6 Å². The molecule has 0 saturated heterocycles. The molecule has 20 heavy (non-hydrogen) atoms. The van der Waals surface area contributed by atoms with Crippen molar-refractivity contribution in [1.82, 2.24) is 5.32 Å². The molecule has 0 aliphatic heterocycles. The fourth-order valence-corrected chi connectivity index (χ4v) is 2.32. The third-order valence-electron chi connectivity index (χ3n) is 3.42. The topological polar surface area (TPSA) is 35.8 Å². The quantitative estimate of drug-likeness (QED) is 0.905. The number of halogens is 1. The molecule has 0 aliphatic carbocycles. The average Bonchev–Trinajstić information content (AvgIpc) is 2.45. The van der Waals surface area contributed by atoms with Crippen molar-refractivity contribution in [2.24, 2.45) is 0 Å². The normalized spacial score (nSPS) is 11.9. The molecule has 2 aromatic carbocycles. The maximum Gasteiger partial charge on any atom is 0.0991 e. The Hall–Kier alpha value is -1.82. The van der Waals surface area contributed by atoms with E-state index in [1.165, 1.54) is 11.1 Å². The Bertz CT molecular complexity index is 644. The number of rotatable bonds is 4. The SMILES string of the molecule is Cc1cc(C#N)ccc1CN[C@H](C)c1cccc(Cl)c1. The van der Waals surface area contributed by atoms with Gasteiger partial charge in [-0.2, -0.15) is 5.26 Å². The van der Waals surface area contributed by atoms with Crippen LogP contribution in [-0.4, -0.2) is 0 Å². The van der Waals surface area contributed by atoms with Gasteiger partial charge in [0.2, 0.25) is 0 Å². The minimum absolute atomic E-state index is 0.226. The van der Waals surface area contributed by atoms with E-state index in [9.17, 15) is 0 Å². The molecule has 0 spiro atoms. The van der Waals surface area contributed by atoms with Crippen LogP contribution in [0.5, 0.6) is 0 Å². The van der Waals surface area contributed by atoms with Crippen molar-refractivity contribution in [1.29, 1.82) is 5.26 Å². The standard InChI is InChI=1S/C17H17ClN2/c1-12-8-14(10-19)6-7-16(12)11-20-13(2)15-4-3-5-17(18)9-15/h3-9,13,20H,11H2,1-2H3/t13-/m1/s1. The fraction of sp³-hybridized carbons (Fsp3) is 0.235. The highest BCUT2D eigenvalue weighted by Crippen LogP contribution is 2.18. The molecule has 2 nitrogen and oxygen atoms in total. The van der Waals surface area contributed by atoms with Crippen molar-refractivity contribution in [2.45, 2.75) is 26.4 Å². The molecule has 0 fully saturated rings. The van der Waals surface area contributed by atoms with Gasteiger partial charge in [-0.15, -0.1) is 0 Å². The number of hydrogen-bond donors (Lipinski definition) is 1. The first-order valence-corrected chi connectivity index (χ1v) is 6.96. The zero-order chi connectivity index (χ0) is 14.5. The summed E-state index contributed by atoms with van der Waals surface area (Å²) in [4.78, 5) is 0. The van der Waals surface area contributed by atoms with Crippen LogP contribution in [0.3, 0.4) is 0 Å². The Morgan fingerprint density at radius 3 is 2.70 bits per heavy atom. The molecule has 1 N–H and O–H groups in total. The molecule has 0 unspecified atom stereocenters. The summed E-state index contributed by atoms with van der Waals surface area (Å²) < 4.78 is 0. The van der Waals surface area contributed by atoms with E-state index in [4.69, 9.17) is 16.9 Å². The first kappa shape index (κ1) is 14.6. The number of hydrogen-bond acceptors (Lipinski definition) is 2. The summed E-state index contributed by atoms with van der Waals surface area (Å²) >= 11 is 6.01. The zero-order valence-corrected chi connectivity index (χ0v) is 12.4. The third kappa shape index (κ3) is 3.60. The van der Waals surface area contributed by atoms with Gasteiger partial charge in [0.25, 0.3) is 0 Å². The Kier molecular flexibility index (Phi) is 4.79. The Labute approximate surface area is 125 Å². The van der Waals surface area contributed by atoms with Crippen LogP contribution >= 0.6 is 11.6 Å². The van der Waals surface area contributed by atoms with E-state index >= 15 is 0 Å². The van der Waals surface area contributed by atoms with Crippen LogP contribution in [0.25, 0.3) is 0 Å². The molecule has 102 valence electrons. The van der Waals surface area contributed by atoms with Crippen LogP contribution in [0.1, 0.15) is 35.2 Å². The average molecular weight is 285 g/mol. The molecule has 0 bridgehead atoms. The van der Waals surface area contributed by atoms with Crippen LogP contribution in [0.15, 0.2) is 42.5 Å². The van der Waals surface area contributed by atoms with Gasteiger partial charge in [0.05, 0.1) is 11.6 Å². The van der Waals surface area contributed by atoms with Gasteiger partial charge >= 0.3 is 0 Å². The van der Waals surface area contributed by atoms with Crippen molar-refractivity contribution < 1.29 is 0 Å². The molecule has 0 aromatic heterocycles. The number of nitrogens with one attached hydrogen (secondary N) is 1. The van der Waals surface area contributed by atoms with E-state index in [0.717, 1.165) is 17.1 Å². The van der Waals surface area contributed by atoms with Gasteiger partial charge in [-0.3, -0.25) is 0 Å². The lowest BCUT2D eigenvalue weighted by molar-refractivity contribution is 0.573. The van der Waals surface area contributed by atoms with E-state index in [0.29, 0.717) is 5.56 Å². The molecule has 0 amide bonds. The molecule has 0 saturated carbocycles. The minimum Gasteiger partial charge on any atom is -0.306 e. The second-order valence-electron chi connectivity index (χ2n) is 4.91. The second-order valence-corrected chi connectivity index (χ2v) is 5.35. The van der Waals surface area contributed by atoms with Gasteiger partial charge in [0.1, 0.15) is 0 Å². The molecule has 0 radical (unpaired) electrons. The molecule has 0 aliphatic rings. The highest BCUT2D eigenvalue weighted by atomic mass is 35.5. The van der Waals surface area contributed by atoms with Crippen molar-refractivity contribution in [3.63, 3.8) is 0 Å². The van der Waals surface area contributed by atoms with E-state index in [-0.39, 0.29) is 6.04 Å². The highest BCUT2D eigenvalue weighted by Gasteiger charge is 2.06. The van der Waals surface area contributed by atoms with Crippen molar-refractivity contribution in [3.8, 4) is 6.07 Å². The predicted octanol–water partition coefficient (Wildman–Crippen LogP) is 4.37. The summed E-state index contributed by atoms with van der Waals surface area (Å²) in [6.07, 6.45) is 0. The summed E-state index contributed by atoms with van der Waals surface area (Å²) in [5.41, 5.74) is 4.21. The van der Waals surface area contributed by atoms with Crippen LogP contribution < -0.4 is 5.32 Å². The molecule has 2 rings (SSSR count). The number of nitriles is 1. The summed E-state index contributed by atoms with van der Waals surface area (Å²) in [7, 11) is 0. The Balaban J connectivity index is 2.04. The Morgan fingerprint density at radius 1 is 1.25 bits per heavy atom. The largest absolute Gasteiger partial charge is 0.306 e. The summed E-state index contributed by atoms with van der Waals surface area (Å²) in [6, 6.07) is 16.0. The predicted molar refractivity (Wildman–Crippen MR) is 82.6 cm³/mol. The third-order valence-corrected chi connectivity index (χ3v) is 3.65. The first-order chi connectivity index (χ1) is 9.60. The van der Waals surface area contributed by atoms with Crippen LogP contribution in [0, 0.1) is 18.3 Å². The molecular weight excluding hydrogens is 268 g/mol. The van der Waals surface area contributed by atoms with E-state index < -0.39 is 0 Å². The monoisotopic (exact) mass is 284 g/mol. The van der Waals surface area contributed by atoms with Gasteiger partial charge in [-0.1, -0.05) is 29.8 Å². The van der Waals surface area contributed by atoms with Crippen LogP contribution in [-0.2, 0) is 6.54 Å². The highest BCUT2D eigenvalue weighted by molar-refractivity contribution is 6.30. The maximum absolute atomic E-state index is 8.87. The van der Waals surface area contributed by atoms with E-state index in [1.807, 2.05) is 43.3 Å². The first-order valence-electron chi connectivity index (χ1n) is 6.58. The maximum atomic E-state index is 8.87. The zero-order valence-electron chi connectivity index (χ0n) is 11.7.